The third kappa shape index (κ3) is 2.44. The van der Waals surface area contributed by atoms with Crippen molar-refractivity contribution in [2.75, 3.05) is 0 Å². The molecular formula is C16H12ClNO2S. The number of rotatable bonds is 3. The molecule has 0 bridgehead atoms. The Kier molecular flexibility index (Phi) is 3.48. The number of sulfone groups is 1. The molecule has 0 saturated heterocycles. The van der Waals surface area contributed by atoms with Crippen molar-refractivity contribution in [2.45, 2.75) is 16.1 Å². The molecule has 1 aliphatic carbocycles. The van der Waals surface area contributed by atoms with Gasteiger partial charge in [-0.25, -0.2) is 8.42 Å². The highest BCUT2D eigenvalue weighted by Crippen LogP contribution is 2.53. The van der Waals surface area contributed by atoms with Gasteiger partial charge in [-0.2, -0.15) is 5.26 Å². The Hall–Kier alpha value is -1.83. The molecule has 0 N–H and O–H groups in total. The van der Waals surface area contributed by atoms with E-state index in [1.807, 2.05) is 0 Å². The van der Waals surface area contributed by atoms with E-state index < -0.39 is 21.0 Å². The molecule has 3 atom stereocenters. The zero-order valence-electron chi connectivity index (χ0n) is 11.0. The van der Waals surface area contributed by atoms with Crippen molar-refractivity contribution in [1.82, 2.24) is 0 Å². The second-order valence-electron chi connectivity index (χ2n) is 5.05. The van der Waals surface area contributed by atoms with Crippen LogP contribution in [-0.2, 0) is 9.84 Å². The average molecular weight is 318 g/mol. The minimum Gasteiger partial charge on any atom is -0.223 e. The molecule has 2 aromatic carbocycles. The van der Waals surface area contributed by atoms with Crippen LogP contribution in [-0.4, -0.2) is 13.7 Å². The molecule has 0 amide bonds. The van der Waals surface area contributed by atoms with Crippen molar-refractivity contribution in [3.63, 3.8) is 0 Å². The van der Waals surface area contributed by atoms with Crippen LogP contribution < -0.4 is 0 Å². The maximum Gasteiger partial charge on any atom is 0.183 e. The largest absolute Gasteiger partial charge is 0.223 e. The fourth-order valence-corrected chi connectivity index (χ4v) is 4.89. The smallest absolute Gasteiger partial charge is 0.183 e. The molecule has 0 unspecified atom stereocenters. The zero-order valence-corrected chi connectivity index (χ0v) is 12.6. The second kappa shape index (κ2) is 5.18. The van der Waals surface area contributed by atoms with Crippen molar-refractivity contribution in [2.24, 2.45) is 5.92 Å². The standard InChI is InChI=1S/C16H12ClNO2S/c17-12-8-6-11(7-9-12)15-14(10-18)16(15)21(19,20)13-4-2-1-3-5-13/h1-9,14-16H/t14-,15-,16+/m1/s1. The first kappa shape index (κ1) is 14.1. The van der Waals surface area contributed by atoms with E-state index in [4.69, 9.17) is 11.6 Å². The lowest BCUT2D eigenvalue weighted by Crippen LogP contribution is -2.10. The number of benzene rings is 2. The molecule has 0 aliphatic heterocycles. The van der Waals surface area contributed by atoms with Crippen LogP contribution in [0, 0.1) is 17.2 Å². The molecule has 3 rings (SSSR count). The van der Waals surface area contributed by atoms with Gasteiger partial charge in [-0.3, -0.25) is 0 Å². The molecule has 0 aromatic heterocycles. The monoisotopic (exact) mass is 317 g/mol. The highest BCUT2D eigenvalue weighted by molar-refractivity contribution is 7.92. The summed E-state index contributed by atoms with van der Waals surface area (Å²) < 4.78 is 25.3. The Labute approximate surface area is 128 Å². The molecule has 0 heterocycles. The average Bonchev–Trinajstić information content (AvgIpc) is 3.24. The lowest BCUT2D eigenvalue weighted by Gasteiger charge is -2.03. The SMILES string of the molecule is N#C[C@@H]1[C@@H](c2ccc(Cl)cc2)[C@H]1S(=O)(=O)c1ccccc1. The van der Waals surface area contributed by atoms with E-state index in [0.29, 0.717) is 5.02 Å². The second-order valence-corrected chi connectivity index (χ2v) is 7.60. The van der Waals surface area contributed by atoms with Crippen molar-refractivity contribution >= 4 is 21.4 Å². The highest BCUT2D eigenvalue weighted by Gasteiger charge is 2.59. The van der Waals surface area contributed by atoms with Crippen molar-refractivity contribution in [3.05, 3.63) is 65.2 Å². The lowest BCUT2D eigenvalue weighted by atomic mass is 10.1. The Morgan fingerprint density at radius 2 is 1.62 bits per heavy atom. The van der Waals surface area contributed by atoms with Crippen LogP contribution in [0.25, 0.3) is 0 Å². The van der Waals surface area contributed by atoms with Crippen molar-refractivity contribution in [3.8, 4) is 6.07 Å². The van der Waals surface area contributed by atoms with Gasteiger partial charge >= 0.3 is 0 Å². The maximum atomic E-state index is 12.6. The number of hydrogen-bond donors (Lipinski definition) is 0. The summed E-state index contributed by atoms with van der Waals surface area (Å²) in [6.45, 7) is 0. The molecule has 106 valence electrons. The Morgan fingerprint density at radius 1 is 1.00 bits per heavy atom. The molecule has 3 nitrogen and oxygen atoms in total. The molecule has 0 spiro atoms. The molecule has 2 aromatic rings. The van der Waals surface area contributed by atoms with E-state index in [9.17, 15) is 13.7 Å². The summed E-state index contributed by atoms with van der Waals surface area (Å²) in [6.07, 6.45) is 0. The molecule has 1 saturated carbocycles. The summed E-state index contributed by atoms with van der Waals surface area (Å²) >= 11 is 5.85. The number of nitriles is 1. The first-order valence-electron chi connectivity index (χ1n) is 6.50. The highest BCUT2D eigenvalue weighted by atomic mass is 35.5. The van der Waals surface area contributed by atoms with Gasteiger partial charge in [0.05, 0.1) is 22.1 Å². The van der Waals surface area contributed by atoms with Crippen LogP contribution in [0.3, 0.4) is 0 Å². The molecule has 0 radical (unpaired) electrons. The van der Waals surface area contributed by atoms with Crippen LogP contribution >= 0.6 is 11.6 Å². The van der Waals surface area contributed by atoms with Gasteiger partial charge in [0.2, 0.25) is 0 Å². The van der Waals surface area contributed by atoms with Gasteiger partial charge in [-0.05, 0) is 29.8 Å². The molecule has 1 fully saturated rings. The maximum absolute atomic E-state index is 12.6. The number of nitrogens with zero attached hydrogens (tertiary/aromatic N) is 1. The Morgan fingerprint density at radius 3 is 2.19 bits per heavy atom. The van der Waals surface area contributed by atoms with E-state index >= 15 is 0 Å². The van der Waals surface area contributed by atoms with Crippen LogP contribution in [0.2, 0.25) is 5.02 Å². The van der Waals surface area contributed by atoms with E-state index in [1.54, 1.807) is 54.6 Å². The van der Waals surface area contributed by atoms with Gasteiger partial charge < -0.3 is 0 Å². The topological polar surface area (TPSA) is 57.9 Å². The van der Waals surface area contributed by atoms with Crippen molar-refractivity contribution < 1.29 is 8.42 Å². The third-order valence-corrected chi connectivity index (χ3v) is 6.27. The normalized spacial score (nSPS) is 24.3. The Bertz CT molecular complexity index is 794. The van der Waals surface area contributed by atoms with Gasteiger partial charge in [0.1, 0.15) is 0 Å². The van der Waals surface area contributed by atoms with E-state index in [-0.39, 0.29) is 10.8 Å². The van der Waals surface area contributed by atoms with Gasteiger partial charge in [0, 0.05) is 10.9 Å². The first-order chi connectivity index (χ1) is 10.1. The summed E-state index contributed by atoms with van der Waals surface area (Å²) in [5.41, 5.74) is 0.843. The minimum absolute atomic E-state index is 0.270. The molecule has 5 heteroatoms. The van der Waals surface area contributed by atoms with Gasteiger partial charge in [-0.15, -0.1) is 0 Å². The first-order valence-corrected chi connectivity index (χ1v) is 8.42. The molecule has 21 heavy (non-hydrogen) atoms. The lowest BCUT2D eigenvalue weighted by molar-refractivity contribution is 0.593. The summed E-state index contributed by atoms with van der Waals surface area (Å²) in [6, 6.07) is 17.4. The van der Waals surface area contributed by atoms with Crippen LogP contribution in [0.1, 0.15) is 11.5 Å². The number of halogens is 1. The predicted molar refractivity (Wildman–Crippen MR) is 80.7 cm³/mol. The number of hydrogen-bond acceptors (Lipinski definition) is 3. The van der Waals surface area contributed by atoms with Crippen molar-refractivity contribution in [1.29, 1.82) is 5.26 Å². The molecule has 1 aliphatic rings. The van der Waals surface area contributed by atoms with Crippen LogP contribution in [0.15, 0.2) is 59.5 Å². The Balaban J connectivity index is 1.96. The van der Waals surface area contributed by atoms with Gasteiger partial charge in [-0.1, -0.05) is 41.9 Å². The van der Waals surface area contributed by atoms with Crippen LogP contribution in [0.5, 0.6) is 0 Å². The summed E-state index contributed by atoms with van der Waals surface area (Å²) in [4.78, 5) is 0.270. The summed E-state index contributed by atoms with van der Waals surface area (Å²) in [5, 5.41) is 9.15. The summed E-state index contributed by atoms with van der Waals surface area (Å²) in [7, 11) is -3.49. The van der Waals surface area contributed by atoms with E-state index in [1.165, 1.54) is 0 Å². The summed E-state index contributed by atoms with van der Waals surface area (Å²) in [5.74, 6) is -0.783. The fourth-order valence-electron chi connectivity index (χ4n) is 2.67. The zero-order chi connectivity index (χ0) is 15.0. The van der Waals surface area contributed by atoms with Crippen LogP contribution in [0.4, 0.5) is 0 Å². The minimum atomic E-state index is -3.49. The van der Waals surface area contributed by atoms with E-state index in [0.717, 1.165) is 5.56 Å². The van der Waals surface area contributed by atoms with Gasteiger partial charge in [0.25, 0.3) is 0 Å². The predicted octanol–water partition coefficient (Wildman–Crippen LogP) is 3.42. The quantitative estimate of drug-likeness (QED) is 0.871. The fraction of sp³-hybridized carbons (Fsp3) is 0.188. The van der Waals surface area contributed by atoms with E-state index in [2.05, 4.69) is 6.07 Å². The molecular weight excluding hydrogens is 306 g/mol. The van der Waals surface area contributed by atoms with Gasteiger partial charge in [0.15, 0.2) is 9.84 Å². The third-order valence-electron chi connectivity index (χ3n) is 3.79.